The number of benzene rings is 2. The summed E-state index contributed by atoms with van der Waals surface area (Å²) in [5.41, 5.74) is 0.380. The molecule has 2 rings (SSSR count). The molecule has 0 heterocycles. The van der Waals surface area contributed by atoms with Crippen LogP contribution >= 0.6 is 0 Å². The normalized spacial score (nSPS) is 10.4. The SMILES string of the molecule is CCc1cc(F)cc(Oc2ccc(C(=O)O)cc2F)c1OC. The number of halogens is 2. The molecule has 0 radical (unpaired) electrons. The van der Waals surface area contributed by atoms with Crippen molar-refractivity contribution in [3.8, 4) is 17.2 Å². The van der Waals surface area contributed by atoms with Gasteiger partial charge in [-0.15, -0.1) is 0 Å². The lowest BCUT2D eigenvalue weighted by Crippen LogP contribution is -2.00. The lowest BCUT2D eigenvalue weighted by atomic mass is 10.1. The van der Waals surface area contributed by atoms with Crippen LogP contribution in [-0.4, -0.2) is 18.2 Å². The summed E-state index contributed by atoms with van der Waals surface area (Å²) in [6.07, 6.45) is 0.512. The summed E-state index contributed by atoms with van der Waals surface area (Å²) in [6.45, 7) is 1.82. The maximum absolute atomic E-state index is 13.9. The lowest BCUT2D eigenvalue weighted by Gasteiger charge is -2.14. The minimum atomic E-state index is -1.25. The molecule has 4 nitrogen and oxygen atoms in total. The fourth-order valence-corrected chi connectivity index (χ4v) is 2.03. The van der Waals surface area contributed by atoms with Crippen LogP contribution in [0.5, 0.6) is 17.2 Å². The van der Waals surface area contributed by atoms with E-state index >= 15 is 0 Å². The summed E-state index contributed by atoms with van der Waals surface area (Å²) in [5.74, 6) is -2.51. The van der Waals surface area contributed by atoms with Crippen LogP contribution in [0.2, 0.25) is 0 Å². The number of aromatic carboxylic acids is 1. The van der Waals surface area contributed by atoms with E-state index in [9.17, 15) is 13.6 Å². The van der Waals surface area contributed by atoms with E-state index in [4.69, 9.17) is 14.6 Å². The first-order chi connectivity index (χ1) is 10.5. The molecule has 6 heteroatoms. The first kappa shape index (κ1) is 15.8. The van der Waals surface area contributed by atoms with Gasteiger partial charge in [-0.3, -0.25) is 0 Å². The number of carboxylic acid groups (broad SMARTS) is 1. The highest BCUT2D eigenvalue weighted by atomic mass is 19.1. The molecule has 0 saturated heterocycles. The van der Waals surface area contributed by atoms with Gasteiger partial charge in [0.05, 0.1) is 12.7 Å². The van der Waals surface area contributed by atoms with Crippen LogP contribution in [0.4, 0.5) is 8.78 Å². The predicted octanol–water partition coefficient (Wildman–Crippen LogP) is 4.03. The Hall–Kier alpha value is -2.63. The third-order valence-electron chi connectivity index (χ3n) is 3.08. The van der Waals surface area contributed by atoms with E-state index in [0.29, 0.717) is 17.7 Å². The molecule has 0 atom stereocenters. The molecule has 0 saturated carbocycles. The standard InChI is InChI=1S/C16H14F2O4/c1-3-9-6-11(17)8-14(15(9)21-2)22-13-5-4-10(16(19)20)7-12(13)18/h4-8H,3H2,1-2H3,(H,19,20). The average Bonchev–Trinajstić information content (AvgIpc) is 2.48. The first-order valence-corrected chi connectivity index (χ1v) is 6.53. The van der Waals surface area contributed by atoms with Crippen LogP contribution in [0.15, 0.2) is 30.3 Å². The molecule has 0 amide bonds. The van der Waals surface area contributed by atoms with Crippen molar-refractivity contribution in [3.63, 3.8) is 0 Å². The van der Waals surface area contributed by atoms with Crippen LogP contribution in [0.25, 0.3) is 0 Å². The number of ether oxygens (including phenoxy) is 2. The third kappa shape index (κ3) is 3.16. The van der Waals surface area contributed by atoms with Gasteiger partial charge >= 0.3 is 5.97 Å². The second-order valence-corrected chi connectivity index (χ2v) is 4.50. The molecule has 0 fully saturated rings. The Morgan fingerprint density at radius 2 is 1.91 bits per heavy atom. The summed E-state index contributed by atoms with van der Waals surface area (Å²) in [7, 11) is 1.41. The van der Waals surface area contributed by atoms with Crippen LogP contribution < -0.4 is 9.47 Å². The second-order valence-electron chi connectivity index (χ2n) is 4.50. The maximum Gasteiger partial charge on any atom is 0.335 e. The minimum Gasteiger partial charge on any atom is -0.493 e. The van der Waals surface area contributed by atoms with Gasteiger partial charge in [-0.25, -0.2) is 13.6 Å². The zero-order valence-corrected chi connectivity index (χ0v) is 12.0. The van der Waals surface area contributed by atoms with E-state index < -0.39 is 17.6 Å². The fraction of sp³-hybridized carbons (Fsp3) is 0.188. The van der Waals surface area contributed by atoms with Crippen molar-refractivity contribution in [3.05, 3.63) is 53.1 Å². The summed E-state index contributed by atoms with van der Waals surface area (Å²) in [5, 5.41) is 8.80. The van der Waals surface area contributed by atoms with Crippen molar-refractivity contribution in [2.75, 3.05) is 7.11 Å². The average molecular weight is 308 g/mol. The number of methoxy groups -OCH3 is 1. The number of carboxylic acids is 1. The second kappa shape index (κ2) is 6.43. The van der Waals surface area contributed by atoms with Gasteiger partial charge in [0, 0.05) is 11.6 Å². The summed E-state index contributed by atoms with van der Waals surface area (Å²) in [6, 6.07) is 5.62. The van der Waals surface area contributed by atoms with Gasteiger partial charge in [0.25, 0.3) is 0 Å². The van der Waals surface area contributed by atoms with E-state index in [1.807, 2.05) is 6.92 Å². The molecule has 0 aliphatic rings. The number of aryl methyl sites for hydroxylation is 1. The molecule has 0 aliphatic heterocycles. The molecular formula is C16H14F2O4. The molecule has 0 spiro atoms. The van der Waals surface area contributed by atoms with E-state index in [1.165, 1.54) is 25.3 Å². The van der Waals surface area contributed by atoms with Gasteiger partial charge in [0.1, 0.15) is 5.82 Å². The van der Waals surface area contributed by atoms with Crippen LogP contribution in [0, 0.1) is 11.6 Å². The van der Waals surface area contributed by atoms with Crippen LogP contribution in [-0.2, 0) is 6.42 Å². The zero-order chi connectivity index (χ0) is 16.3. The molecule has 2 aromatic rings. The van der Waals surface area contributed by atoms with E-state index in [1.54, 1.807) is 0 Å². The Morgan fingerprint density at radius 3 is 2.45 bits per heavy atom. The lowest BCUT2D eigenvalue weighted by molar-refractivity contribution is 0.0696. The Balaban J connectivity index is 2.42. The number of hydrogen-bond donors (Lipinski definition) is 1. The number of hydrogen-bond acceptors (Lipinski definition) is 3. The fourth-order valence-electron chi connectivity index (χ4n) is 2.03. The molecular weight excluding hydrogens is 294 g/mol. The highest BCUT2D eigenvalue weighted by Gasteiger charge is 2.16. The molecule has 0 aromatic heterocycles. The molecule has 0 unspecified atom stereocenters. The Morgan fingerprint density at radius 1 is 1.18 bits per heavy atom. The van der Waals surface area contributed by atoms with E-state index in [0.717, 1.165) is 12.1 Å². The van der Waals surface area contributed by atoms with E-state index in [2.05, 4.69) is 0 Å². The quantitative estimate of drug-likeness (QED) is 0.906. The minimum absolute atomic E-state index is 0.0290. The molecule has 2 aromatic carbocycles. The first-order valence-electron chi connectivity index (χ1n) is 6.53. The topological polar surface area (TPSA) is 55.8 Å². The highest BCUT2D eigenvalue weighted by molar-refractivity contribution is 5.87. The van der Waals surface area contributed by atoms with Crippen molar-refractivity contribution in [2.24, 2.45) is 0 Å². The summed E-state index contributed by atoms with van der Waals surface area (Å²) < 4.78 is 38.0. The smallest absolute Gasteiger partial charge is 0.335 e. The summed E-state index contributed by atoms with van der Waals surface area (Å²) in [4.78, 5) is 10.8. The molecule has 0 aliphatic carbocycles. The predicted molar refractivity (Wildman–Crippen MR) is 75.8 cm³/mol. The van der Waals surface area contributed by atoms with Gasteiger partial charge in [-0.05, 0) is 30.7 Å². The van der Waals surface area contributed by atoms with Crippen molar-refractivity contribution < 1.29 is 28.2 Å². The Labute approximate surface area is 125 Å². The summed E-state index contributed by atoms with van der Waals surface area (Å²) >= 11 is 0. The molecule has 22 heavy (non-hydrogen) atoms. The largest absolute Gasteiger partial charge is 0.493 e. The monoisotopic (exact) mass is 308 g/mol. The molecule has 1 N–H and O–H groups in total. The van der Waals surface area contributed by atoms with Gasteiger partial charge in [0.2, 0.25) is 0 Å². The number of rotatable bonds is 5. The van der Waals surface area contributed by atoms with Crippen LogP contribution in [0.1, 0.15) is 22.8 Å². The van der Waals surface area contributed by atoms with Crippen molar-refractivity contribution >= 4 is 5.97 Å². The van der Waals surface area contributed by atoms with Gasteiger partial charge in [-0.1, -0.05) is 6.92 Å². The van der Waals surface area contributed by atoms with Gasteiger partial charge in [0.15, 0.2) is 23.1 Å². The highest BCUT2D eigenvalue weighted by Crippen LogP contribution is 2.36. The van der Waals surface area contributed by atoms with Crippen molar-refractivity contribution in [2.45, 2.75) is 13.3 Å². The maximum atomic E-state index is 13.9. The van der Waals surface area contributed by atoms with Crippen LogP contribution in [0.3, 0.4) is 0 Å². The number of carbonyl (C=O) groups is 1. The van der Waals surface area contributed by atoms with Crippen molar-refractivity contribution in [1.29, 1.82) is 0 Å². The third-order valence-corrected chi connectivity index (χ3v) is 3.08. The Bertz CT molecular complexity index is 714. The van der Waals surface area contributed by atoms with Gasteiger partial charge < -0.3 is 14.6 Å². The zero-order valence-electron chi connectivity index (χ0n) is 12.0. The van der Waals surface area contributed by atoms with Gasteiger partial charge in [-0.2, -0.15) is 0 Å². The van der Waals surface area contributed by atoms with E-state index in [-0.39, 0.29) is 17.1 Å². The molecule has 0 bridgehead atoms. The molecule has 116 valence electrons. The Kier molecular flexibility index (Phi) is 4.60. The van der Waals surface area contributed by atoms with Crippen molar-refractivity contribution in [1.82, 2.24) is 0 Å².